The number of phenols is 1. The molecule has 10 aromatic rings. The SMILES string of the molecule is C.C.C.C.Cc1c(O)ccc2c[n+](C)n(C)c12.Cc1cc(C)[n+](C)c(=O)n1C.Cc1cc[n+](C)c(=O)n1C.Cc1cc[n+](C)cc1.Cc1ccc[n+](C)c1.Cc1cccc[n+]1C.Cc1sc2ccccc2[n+]1C.Cn1c[n+](C)cn1. The minimum absolute atomic E-state index is 0. The Morgan fingerprint density at radius 1 is 0.525 bits per heavy atom. The van der Waals surface area contributed by atoms with E-state index in [0.717, 1.165) is 33.5 Å². The van der Waals surface area contributed by atoms with Crippen molar-refractivity contribution in [2.45, 2.75) is 85.1 Å². The summed E-state index contributed by atoms with van der Waals surface area (Å²) in [6.07, 6.45) is 17.7. The first-order chi connectivity index (χ1) is 35.7. The van der Waals surface area contributed by atoms with E-state index in [-0.39, 0.29) is 41.1 Å². The second-order valence-corrected chi connectivity index (χ2v) is 20.1. The first-order valence-electron chi connectivity index (χ1n) is 24.9. The first-order valence-corrected chi connectivity index (χ1v) is 25.7. The van der Waals surface area contributed by atoms with Crippen molar-refractivity contribution in [2.75, 3.05) is 0 Å². The number of fused-ring (bicyclic) bond motifs is 2. The van der Waals surface area contributed by atoms with Crippen molar-refractivity contribution < 1.29 is 41.8 Å². The molecule has 0 unspecified atom stereocenters. The molecule has 80 heavy (non-hydrogen) atoms. The van der Waals surface area contributed by atoms with E-state index in [9.17, 15) is 14.7 Å². The molecule has 8 aromatic heterocycles. The number of rotatable bonds is 0. The Morgan fingerprint density at radius 3 is 1.60 bits per heavy atom. The molecule has 10 rings (SSSR count). The van der Waals surface area contributed by atoms with Crippen molar-refractivity contribution in [1.82, 2.24) is 23.6 Å². The molecule has 0 aliphatic rings. The zero-order chi connectivity index (χ0) is 57.0. The maximum atomic E-state index is 11.3. The first kappa shape index (κ1) is 74.0. The van der Waals surface area contributed by atoms with E-state index in [1.165, 1.54) is 32.0 Å². The average molecular weight is 1120 g/mol. The molecule has 0 atom stereocenters. The highest BCUT2D eigenvalue weighted by Gasteiger charge is 2.14. The van der Waals surface area contributed by atoms with Crippen LogP contribution >= 0.6 is 11.3 Å². The minimum Gasteiger partial charge on any atom is -0.508 e. The molecule has 17 heteroatoms. The summed E-state index contributed by atoms with van der Waals surface area (Å²) >= 11 is 1.84. The van der Waals surface area contributed by atoms with Gasteiger partial charge >= 0.3 is 11.4 Å². The number of para-hydroxylation sites is 1. The fourth-order valence-electron chi connectivity index (χ4n) is 7.12. The number of aromatic hydroxyl groups is 1. The second kappa shape index (κ2) is 35.5. The molecule has 1 N–H and O–H groups in total. The Morgan fingerprint density at radius 2 is 1.12 bits per heavy atom. The molecular weight excluding hydrogens is 1020 g/mol. The Bertz CT molecular complexity index is 3470. The second-order valence-electron chi connectivity index (χ2n) is 18.9. The van der Waals surface area contributed by atoms with Crippen LogP contribution in [0.2, 0.25) is 0 Å². The zero-order valence-corrected chi connectivity index (χ0v) is 49.7. The van der Waals surface area contributed by atoms with Crippen molar-refractivity contribution >= 4 is 32.5 Å². The van der Waals surface area contributed by atoms with Gasteiger partial charge in [-0.1, -0.05) is 59.2 Å². The van der Waals surface area contributed by atoms with E-state index in [0.29, 0.717) is 5.75 Å². The van der Waals surface area contributed by atoms with Gasteiger partial charge in [-0.05, 0) is 71.4 Å². The van der Waals surface area contributed by atoms with Crippen LogP contribution in [0, 0.1) is 55.4 Å². The van der Waals surface area contributed by atoms with E-state index in [2.05, 4.69) is 104 Å². The number of pyridine rings is 3. The van der Waals surface area contributed by atoms with Crippen LogP contribution in [-0.2, 0) is 84.6 Å². The fraction of sp³-hybridized carbons (Fsp3) is 0.381. The normalized spacial score (nSPS) is 9.50. The maximum absolute atomic E-state index is 11.3. The predicted molar refractivity (Wildman–Crippen MR) is 327 cm³/mol. The molecular formula is C63H101N13O3S+8. The number of aryl methyl sites for hydroxylation is 17. The lowest BCUT2D eigenvalue weighted by atomic mass is 10.1. The van der Waals surface area contributed by atoms with Crippen molar-refractivity contribution in [1.29, 1.82) is 0 Å². The van der Waals surface area contributed by atoms with Crippen LogP contribution < -0.4 is 48.0 Å². The zero-order valence-electron chi connectivity index (χ0n) is 48.8. The summed E-state index contributed by atoms with van der Waals surface area (Å²) in [4.78, 5) is 22.5. The lowest BCUT2D eigenvalue weighted by molar-refractivity contribution is -0.748. The summed E-state index contributed by atoms with van der Waals surface area (Å²) in [5.41, 5.74) is 10.2. The third-order valence-electron chi connectivity index (χ3n) is 12.5. The van der Waals surface area contributed by atoms with Gasteiger partial charge in [0.05, 0.1) is 60.9 Å². The topological polar surface area (TPSA) is 118 Å². The third kappa shape index (κ3) is 22.7. The molecule has 0 saturated heterocycles. The van der Waals surface area contributed by atoms with Crippen LogP contribution in [0.4, 0.5) is 0 Å². The molecule has 0 radical (unpaired) electrons. The van der Waals surface area contributed by atoms with Gasteiger partial charge in [0.2, 0.25) is 23.0 Å². The van der Waals surface area contributed by atoms with Crippen molar-refractivity contribution in [3.8, 4) is 5.75 Å². The highest BCUT2D eigenvalue weighted by Crippen LogP contribution is 2.24. The van der Waals surface area contributed by atoms with Gasteiger partial charge in [-0.25, -0.2) is 22.8 Å². The Balaban J connectivity index is 0. The van der Waals surface area contributed by atoms with E-state index >= 15 is 0 Å². The monoisotopic (exact) mass is 1120 g/mol. The highest BCUT2D eigenvalue weighted by molar-refractivity contribution is 7.18. The number of thiazole rings is 1. The molecule has 0 spiro atoms. The van der Waals surface area contributed by atoms with Crippen LogP contribution in [0.5, 0.6) is 5.75 Å². The minimum atomic E-state index is 0. The summed E-state index contributed by atoms with van der Waals surface area (Å²) in [6, 6.07) is 30.5. The summed E-state index contributed by atoms with van der Waals surface area (Å²) in [6.45, 7) is 16.1. The van der Waals surface area contributed by atoms with Crippen molar-refractivity contribution in [2.24, 2.45) is 84.6 Å². The predicted octanol–water partition coefficient (Wildman–Crippen LogP) is 6.64. The summed E-state index contributed by atoms with van der Waals surface area (Å²) < 4.78 is 23.8. The van der Waals surface area contributed by atoms with Gasteiger partial charge in [-0.3, -0.25) is 0 Å². The molecule has 434 valence electrons. The Labute approximate surface area is 483 Å². The Hall–Kier alpha value is -8.05. The Kier molecular flexibility index (Phi) is 32.8. The lowest BCUT2D eigenvalue weighted by Gasteiger charge is -1.99. The number of phenolic OH excluding ortho intramolecular Hbond substituents is 1. The molecule has 8 heterocycles. The smallest absolute Gasteiger partial charge is 0.497 e. The summed E-state index contributed by atoms with van der Waals surface area (Å²) in [7, 11) is 23.0. The standard InChI is InChI=1S/C10H12N2O.C9H10NS.C8H13N2O.C7H11N2O.3C7H10N.C4H8N3.4CH4/c1-7-9(13)5-4-8-6-11(2)12(3)10(7)8;1-7-10(2)8-5-3-4-6-9(8)11-7;1-6-5-7(2)10(4)8(11)9(6)3;1-6-4-5-8(2)7(10)9(6)3;1-7-3-5-8(2)6-4-7;1-7-4-3-5-8(2)6-7;1-7-5-3-4-6-8(7)2;1-6-3-5-7(2)4-6;;;;/h4-6H,1-3H3;3-6H,1-2H3;5H,1-4H3;4-5H,1-3H3;3*3-6H,1-2H3;3-4H,1-2H3;4*1H4/q;7*+1;;;;/p+1. The van der Waals surface area contributed by atoms with E-state index in [1.807, 2.05) is 185 Å². The van der Waals surface area contributed by atoms with Gasteiger partial charge in [-0.2, -0.15) is 32.5 Å². The number of hydrogen-bond donors (Lipinski definition) is 1. The van der Waals surface area contributed by atoms with E-state index in [4.69, 9.17) is 0 Å². The molecule has 16 nitrogen and oxygen atoms in total. The van der Waals surface area contributed by atoms with E-state index in [1.54, 1.807) is 69.7 Å². The lowest BCUT2D eigenvalue weighted by Crippen LogP contribution is -2.53. The molecule has 0 aliphatic heterocycles. The van der Waals surface area contributed by atoms with Gasteiger partial charge in [0.1, 0.15) is 61.2 Å². The molecule has 0 fully saturated rings. The fourth-order valence-corrected chi connectivity index (χ4v) is 8.13. The average Bonchev–Trinajstić information content (AvgIpc) is 4.02. The quantitative estimate of drug-likeness (QED) is 0.172. The number of hydrogen-bond acceptors (Lipinski definition) is 5. The van der Waals surface area contributed by atoms with Crippen LogP contribution in [0.1, 0.15) is 74.2 Å². The summed E-state index contributed by atoms with van der Waals surface area (Å²) in [5.74, 6) is 0.356. The number of nitrogens with zero attached hydrogens (tertiary/aromatic N) is 13. The van der Waals surface area contributed by atoms with E-state index < -0.39 is 0 Å². The van der Waals surface area contributed by atoms with Crippen LogP contribution in [-0.4, -0.2) is 28.7 Å². The molecule has 0 amide bonds. The van der Waals surface area contributed by atoms with Gasteiger partial charge < -0.3 is 5.11 Å². The maximum Gasteiger partial charge on any atom is 0.497 e. The van der Waals surface area contributed by atoms with Gasteiger partial charge in [0, 0.05) is 78.6 Å². The van der Waals surface area contributed by atoms with Gasteiger partial charge in [-0.15, -0.1) is 9.36 Å². The van der Waals surface area contributed by atoms with Gasteiger partial charge in [0.15, 0.2) is 43.7 Å². The number of aromatic nitrogens is 13. The van der Waals surface area contributed by atoms with Crippen molar-refractivity contribution in [3.63, 3.8) is 0 Å². The van der Waals surface area contributed by atoms with Crippen molar-refractivity contribution in [3.05, 3.63) is 212 Å². The molecule has 0 saturated carbocycles. The van der Waals surface area contributed by atoms with Crippen LogP contribution in [0.25, 0.3) is 21.1 Å². The van der Waals surface area contributed by atoms with Crippen LogP contribution in [0.3, 0.4) is 0 Å². The van der Waals surface area contributed by atoms with Crippen LogP contribution in [0.15, 0.2) is 157 Å². The molecule has 2 aromatic carbocycles. The summed E-state index contributed by atoms with van der Waals surface area (Å²) in [5, 5.41) is 15.9. The molecule has 0 bridgehead atoms. The highest BCUT2D eigenvalue weighted by atomic mass is 32.1. The van der Waals surface area contributed by atoms with Gasteiger partial charge in [0.25, 0.3) is 6.33 Å². The largest absolute Gasteiger partial charge is 0.508 e. The third-order valence-corrected chi connectivity index (χ3v) is 13.7. The number of benzene rings is 2. The molecule has 0 aliphatic carbocycles.